The third kappa shape index (κ3) is 4.05. The smallest absolute Gasteiger partial charge is 0.352 e. The molecule has 3 aromatic rings. The number of carbonyl (C=O) groups is 3. The second-order valence-corrected chi connectivity index (χ2v) is 11.1. The summed E-state index contributed by atoms with van der Waals surface area (Å²) in [7, 11) is 2.01. The van der Waals surface area contributed by atoms with Crippen LogP contribution in [0.4, 0.5) is 0 Å². The van der Waals surface area contributed by atoms with E-state index >= 15 is 0 Å². The van der Waals surface area contributed by atoms with Gasteiger partial charge < -0.3 is 24.4 Å². The Labute approximate surface area is 232 Å². The number of hydrogen-bond acceptors (Lipinski definition) is 5. The molecule has 0 spiro atoms. The van der Waals surface area contributed by atoms with Crippen molar-refractivity contribution >= 4 is 17.7 Å². The van der Waals surface area contributed by atoms with E-state index < -0.39 is 24.0 Å². The van der Waals surface area contributed by atoms with E-state index in [1.165, 1.54) is 10.5 Å². The number of benzene rings is 2. The number of aliphatic hydroxyl groups is 1. The fourth-order valence-electron chi connectivity index (χ4n) is 6.61. The van der Waals surface area contributed by atoms with Crippen LogP contribution in [-0.2, 0) is 29.5 Å². The van der Waals surface area contributed by atoms with E-state index in [4.69, 9.17) is 4.74 Å². The van der Waals surface area contributed by atoms with Crippen molar-refractivity contribution < 1.29 is 29.3 Å². The lowest BCUT2D eigenvalue weighted by Gasteiger charge is -2.46. The van der Waals surface area contributed by atoms with Crippen LogP contribution >= 0.6 is 0 Å². The third-order valence-electron chi connectivity index (χ3n) is 8.59. The largest absolute Gasteiger partial charge is 0.488 e. The molecule has 6 rings (SSSR count). The lowest BCUT2D eigenvalue weighted by molar-refractivity contribution is -0.163. The maximum absolute atomic E-state index is 13.4. The van der Waals surface area contributed by atoms with Crippen LogP contribution in [0.5, 0.6) is 5.75 Å². The van der Waals surface area contributed by atoms with Gasteiger partial charge in [0.25, 0.3) is 0 Å². The summed E-state index contributed by atoms with van der Waals surface area (Å²) in [5.74, 6) is -2.03. The van der Waals surface area contributed by atoms with Crippen molar-refractivity contribution in [2.75, 3.05) is 6.61 Å². The number of carboxylic acids is 1. The number of aryl methyl sites for hydroxylation is 3. The topological polar surface area (TPSA) is 109 Å². The van der Waals surface area contributed by atoms with Crippen LogP contribution in [0.25, 0.3) is 11.1 Å². The van der Waals surface area contributed by atoms with Gasteiger partial charge in [0, 0.05) is 47.6 Å². The van der Waals surface area contributed by atoms with Crippen molar-refractivity contribution in [1.82, 2.24) is 9.47 Å². The number of nitrogens with zero attached hydrogens (tertiary/aromatic N) is 2. The van der Waals surface area contributed by atoms with Gasteiger partial charge in [-0.25, -0.2) is 4.79 Å². The van der Waals surface area contributed by atoms with Gasteiger partial charge in [0.1, 0.15) is 18.1 Å². The summed E-state index contributed by atoms with van der Waals surface area (Å²) in [5.41, 5.74) is 5.57. The van der Waals surface area contributed by atoms with Crippen molar-refractivity contribution in [2.45, 2.75) is 45.3 Å². The second kappa shape index (κ2) is 9.78. The Hall–Kier alpha value is -4.17. The number of aliphatic carboxylic acids is 1. The number of ether oxygens (including phenoxy) is 1. The lowest BCUT2D eigenvalue weighted by atomic mass is 9.78. The molecule has 1 amide bonds. The van der Waals surface area contributed by atoms with E-state index in [2.05, 4.69) is 18.3 Å². The number of amides is 1. The maximum Gasteiger partial charge on any atom is 0.352 e. The summed E-state index contributed by atoms with van der Waals surface area (Å²) in [6, 6.07) is 13.1. The van der Waals surface area contributed by atoms with E-state index in [1.807, 2.05) is 36.9 Å². The molecule has 0 bridgehead atoms. The molecular weight excluding hydrogens is 508 g/mol. The summed E-state index contributed by atoms with van der Waals surface area (Å²) < 4.78 is 8.26. The molecule has 2 aliphatic heterocycles. The molecule has 8 nitrogen and oxygen atoms in total. The first kappa shape index (κ1) is 26.1. The Morgan fingerprint density at radius 2 is 1.82 bits per heavy atom. The minimum atomic E-state index is -1.19. The van der Waals surface area contributed by atoms with Gasteiger partial charge in [-0.3, -0.25) is 9.59 Å². The predicted octanol–water partition coefficient (Wildman–Crippen LogP) is 3.99. The van der Waals surface area contributed by atoms with Gasteiger partial charge in [0.05, 0.1) is 18.1 Å². The SMILES string of the molecule is CC(O)C1C(=O)N2C(C(=O)O)=C(COc3cccc4c3-c3ccc(CCCc5ccn(C)c5)cc3C4=O)[C@H](C)C12. The molecule has 1 fully saturated rings. The van der Waals surface area contributed by atoms with Crippen LogP contribution in [0.3, 0.4) is 0 Å². The first-order valence-corrected chi connectivity index (χ1v) is 13.7. The standard InChI is InChI=1S/C32H32N2O6/c1-17-24(29(32(38)39)34-28(17)26(18(2)35)31(34)37)16-40-25-9-5-8-22-27(25)21-11-10-19(14-23(21)30(22)36)6-4-7-20-12-13-33(3)15-20/h5,8-15,17-18,26,28,35H,4,6-7,16H2,1-3H3,(H,38,39)/t17-,18?,26?,28?/m0/s1. The number of rotatable bonds is 9. The van der Waals surface area contributed by atoms with Gasteiger partial charge in [0.15, 0.2) is 5.78 Å². The molecule has 3 heterocycles. The molecule has 3 unspecified atom stereocenters. The molecule has 1 aliphatic carbocycles. The molecule has 2 N–H and O–H groups in total. The number of carbonyl (C=O) groups excluding carboxylic acids is 2. The third-order valence-corrected chi connectivity index (χ3v) is 8.59. The molecule has 206 valence electrons. The fraction of sp³-hybridized carbons (Fsp3) is 0.344. The number of ketones is 1. The van der Waals surface area contributed by atoms with Crippen LogP contribution in [0.2, 0.25) is 0 Å². The lowest BCUT2D eigenvalue weighted by Crippen LogP contribution is -2.63. The van der Waals surface area contributed by atoms with Gasteiger partial charge >= 0.3 is 5.97 Å². The molecule has 3 aliphatic rings. The quantitative estimate of drug-likeness (QED) is 0.311. The van der Waals surface area contributed by atoms with Crippen LogP contribution in [0.15, 0.2) is 66.1 Å². The maximum atomic E-state index is 13.4. The molecule has 0 saturated carbocycles. The number of carboxylic acid groups (broad SMARTS) is 1. The van der Waals surface area contributed by atoms with Crippen LogP contribution < -0.4 is 4.74 Å². The van der Waals surface area contributed by atoms with Crippen molar-refractivity contribution in [1.29, 1.82) is 0 Å². The van der Waals surface area contributed by atoms with Crippen LogP contribution in [0, 0.1) is 11.8 Å². The Morgan fingerprint density at radius 3 is 2.52 bits per heavy atom. The number of aromatic nitrogens is 1. The first-order valence-electron chi connectivity index (χ1n) is 13.7. The zero-order valence-electron chi connectivity index (χ0n) is 22.8. The van der Waals surface area contributed by atoms with Gasteiger partial charge in [-0.15, -0.1) is 0 Å². The number of fused-ring (bicyclic) bond motifs is 4. The summed E-state index contributed by atoms with van der Waals surface area (Å²) in [5, 5.41) is 20.0. The van der Waals surface area contributed by atoms with Gasteiger partial charge in [-0.05, 0) is 61.1 Å². The fourth-order valence-corrected chi connectivity index (χ4v) is 6.61. The minimum Gasteiger partial charge on any atom is -0.488 e. The zero-order valence-corrected chi connectivity index (χ0v) is 22.8. The molecule has 1 aromatic heterocycles. The number of β-lactam (4-membered cyclic amide) rings is 1. The molecular formula is C32H32N2O6. The van der Waals surface area contributed by atoms with Crippen molar-refractivity contribution in [3.8, 4) is 16.9 Å². The summed E-state index contributed by atoms with van der Waals surface area (Å²) >= 11 is 0. The highest BCUT2D eigenvalue weighted by Gasteiger charge is 2.59. The normalized spacial score (nSPS) is 21.7. The van der Waals surface area contributed by atoms with Crippen molar-refractivity contribution in [2.24, 2.45) is 18.9 Å². The van der Waals surface area contributed by atoms with E-state index in [9.17, 15) is 24.6 Å². The number of aliphatic hydroxyl groups excluding tert-OH is 1. The highest BCUT2D eigenvalue weighted by Crippen LogP contribution is 2.48. The minimum absolute atomic E-state index is 0.0346. The summed E-state index contributed by atoms with van der Waals surface area (Å²) in [6.45, 7) is 3.38. The molecule has 4 atom stereocenters. The van der Waals surface area contributed by atoms with E-state index in [0.29, 0.717) is 28.0 Å². The first-order chi connectivity index (χ1) is 19.2. The monoisotopic (exact) mass is 540 g/mol. The predicted molar refractivity (Wildman–Crippen MR) is 148 cm³/mol. The molecule has 1 saturated heterocycles. The van der Waals surface area contributed by atoms with Gasteiger partial charge in [0.2, 0.25) is 5.91 Å². The second-order valence-electron chi connectivity index (χ2n) is 11.1. The van der Waals surface area contributed by atoms with Crippen molar-refractivity contribution in [3.63, 3.8) is 0 Å². The highest BCUT2D eigenvalue weighted by molar-refractivity contribution is 6.22. The highest BCUT2D eigenvalue weighted by atomic mass is 16.5. The van der Waals surface area contributed by atoms with E-state index in [0.717, 1.165) is 30.4 Å². The summed E-state index contributed by atoms with van der Waals surface area (Å²) in [6.07, 6.45) is 6.11. The Bertz CT molecular complexity index is 1580. The van der Waals surface area contributed by atoms with E-state index in [-0.39, 0.29) is 29.9 Å². The van der Waals surface area contributed by atoms with Crippen LogP contribution in [-0.4, -0.2) is 56.1 Å². The average Bonchev–Trinajstić information content (AvgIpc) is 3.53. The molecule has 2 aromatic carbocycles. The van der Waals surface area contributed by atoms with E-state index in [1.54, 1.807) is 25.1 Å². The Balaban J connectivity index is 1.23. The van der Waals surface area contributed by atoms with Gasteiger partial charge in [-0.1, -0.05) is 31.2 Å². The zero-order chi connectivity index (χ0) is 28.3. The Kier molecular flexibility index (Phi) is 6.38. The van der Waals surface area contributed by atoms with Crippen LogP contribution in [0.1, 0.15) is 47.3 Å². The molecule has 0 radical (unpaired) electrons. The Morgan fingerprint density at radius 1 is 1.05 bits per heavy atom. The average molecular weight is 541 g/mol. The summed E-state index contributed by atoms with van der Waals surface area (Å²) in [4.78, 5) is 39.4. The number of hydrogen-bond donors (Lipinski definition) is 2. The molecule has 8 heteroatoms. The van der Waals surface area contributed by atoms with Gasteiger partial charge in [-0.2, -0.15) is 0 Å². The molecule has 40 heavy (non-hydrogen) atoms. The van der Waals surface area contributed by atoms with Crippen molar-refractivity contribution in [3.05, 3.63) is 88.4 Å².